The third-order valence-electron chi connectivity index (χ3n) is 26.6. The minimum absolute atomic E-state index is 0.644. The lowest BCUT2D eigenvalue weighted by molar-refractivity contribution is 1.07. The molecule has 0 saturated heterocycles. The van der Waals surface area contributed by atoms with E-state index < -0.39 is 0 Å². The van der Waals surface area contributed by atoms with Crippen molar-refractivity contribution < 1.29 is 0 Å². The lowest BCUT2D eigenvalue weighted by Crippen LogP contribution is -2.00. The van der Waals surface area contributed by atoms with Crippen LogP contribution < -0.4 is 0 Å². The predicted octanol–water partition coefficient (Wildman–Crippen LogP) is 33.5. The molecule has 0 amide bonds. The van der Waals surface area contributed by atoms with Crippen molar-refractivity contribution >= 4 is 129 Å². The maximum atomic E-state index is 5.10. The van der Waals surface area contributed by atoms with E-state index >= 15 is 0 Å². The topological polar surface area (TPSA) is 116 Å². The Bertz CT molecular complexity index is 9330. The van der Waals surface area contributed by atoms with Crippen LogP contribution in [0.4, 0.5) is 0 Å². The SMILES string of the molecule is c1cc(-c2ccc3ccc4c5ccccc5ccc4c3c2)cc(-c2nc(-c3ccc4ccccc4c3)nc(-c3ccc4ccccc4c3)n2)c1.c1ccc(-c2nc(-c3cccc(-c4ccc5ccc6c7ccccc7ccc6c5c4)c3)nc(-c3ccc4ccccc4c3)n2)cc1.c1ccc(-c2nc(-c3ccccc3)nc(-c3ccc(-c4ccc5ccc6c7ccccc7ccc6c5c4)cc3)n2)cc1. The van der Waals surface area contributed by atoms with E-state index in [1.807, 2.05) is 91.0 Å². The molecule has 0 bridgehead atoms. The van der Waals surface area contributed by atoms with E-state index in [1.165, 1.54) is 119 Å². The summed E-state index contributed by atoms with van der Waals surface area (Å²) in [7, 11) is 0. The number of rotatable bonds is 12. The highest BCUT2D eigenvalue weighted by Crippen LogP contribution is 2.42. The maximum Gasteiger partial charge on any atom is 0.164 e. The van der Waals surface area contributed by atoms with Crippen LogP contribution in [0.15, 0.2) is 491 Å². The molecule has 27 aromatic rings. The van der Waals surface area contributed by atoms with Crippen molar-refractivity contribution in [2.45, 2.75) is 0 Å². The molecule has 0 N–H and O–H groups in total. The van der Waals surface area contributed by atoms with Crippen LogP contribution in [0, 0.1) is 0 Å². The summed E-state index contributed by atoms with van der Waals surface area (Å²) in [5.41, 5.74) is 15.5. The van der Waals surface area contributed by atoms with Gasteiger partial charge in [0.05, 0.1) is 0 Å². The van der Waals surface area contributed by atoms with Crippen molar-refractivity contribution in [3.05, 3.63) is 491 Å². The van der Waals surface area contributed by atoms with E-state index in [0.717, 1.165) is 94.0 Å². The molecule has 3 aromatic heterocycles. The van der Waals surface area contributed by atoms with Crippen LogP contribution in [0.5, 0.6) is 0 Å². The minimum atomic E-state index is 0.644. The zero-order chi connectivity index (χ0) is 91.4. The molecule has 0 saturated carbocycles. The number of aromatic nitrogens is 9. The average molecular weight is 1760 g/mol. The summed E-state index contributed by atoms with van der Waals surface area (Å²) in [6.45, 7) is 0. The van der Waals surface area contributed by atoms with Crippen molar-refractivity contribution in [2.75, 3.05) is 0 Å². The molecule has 9 nitrogen and oxygen atoms in total. The summed E-state index contributed by atoms with van der Waals surface area (Å²) in [6, 6.07) is 173. The summed E-state index contributed by atoms with van der Waals surface area (Å²) < 4.78 is 0. The Balaban J connectivity index is 0.000000110. The van der Waals surface area contributed by atoms with Crippen molar-refractivity contribution in [1.82, 2.24) is 44.9 Å². The number of fused-ring (bicyclic) bond motifs is 18. The van der Waals surface area contributed by atoms with E-state index in [-0.39, 0.29) is 0 Å². The number of benzene rings is 24. The van der Waals surface area contributed by atoms with Gasteiger partial charge in [-0.1, -0.05) is 443 Å². The average Bonchev–Trinajstić information content (AvgIpc) is 0.765. The van der Waals surface area contributed by atoms with Crippen LogP contribution >= 0.6 is 0 Å². The minimum Gasteiger partial charge on any atom is -0.208 e. The van der Waals surface area contributed by atoms with Gasteiger partial charge in [0.1, 0.15) is 0 Å². The van der Waals surface area contributed by atoms with Crippen LogP contribution in [0.3, 0.4) is 0 Å². The molecule has 0 spiro atoms. The van der Waals surface area contributed by atoms with Gasteiger partial charge in [-0.25, -0.2) is 44.9 Å². The van der Waals surface area contributed by atoms with E-state index in [2.05, 4.69) is 400 Å². The molecular weight excluding hydrogens is 1680 g/mol. The second-order valence-electron chi connectivity index (χ2n) is 35.1. The van der Waals surface area contributed by atoms with Gasteiger partial charge in [-0.3, -0.25) is 0 Å². The van der Waals surface area contributed by atoms with Crippen molar-refractivity contribution in [3.8, 4) is 136 Å². The second-order valence-corrected chi connectivity index (χ2v) is 35.1. The molecule has 9 heteroatoms. The molecule has 24 aromatic carbocycles. The maximum absolute atomic E-state index is 5.10. The van der Waals surface area contributed by atoms with Gasteiger partial charge in [-0.15, -0.1) is 0 Å². The molecular formula is C129H81N9. The van der Waals surface area contributed by atoms with Gasteiger partial charge in [-0.05, 0) is 211 Å². The quantitative estimate of drug-likeness (QED) is 0.110. The molecule has 0 aliphatic rings. The van der Waals surface area contributed by atoms with E-state index in [1.54, 1.807) is 0 Å². The Morgan fingerprint density at radius 2 is 0.254 bits per heavy atom. The monoisotopic (exact) mass is 1760 g/mol. The third kappa shape index (κ3) is 15.8. The van der Waals surface area contributed by atoms with Crippen LogP contribution in [0.25, 0.3) is 265 Å². The summed E-state index contributed by atoms with van der Waals surface area (Å²) >= 11 is 0. The van der Waals surface area contributed by atoms with Gasteiger partial charge in [-0.2, -0.15) is 0 Å². The standard InChI is InChI=1S/C47H29N3.C43H27N3.C39H25N3/c1-3-11-34-26-39(20-16-30(34)8-1)46-48-45(49-47(50-46)40-21-17-31-9-2-4-12-35(31)27-40)38-14-7-13-36(28-38)37-19-18-33-23-24-42-41-15-6-5-10-32(41)22-25-43(42)44(33)29-37;1-2-11-31(12-3-1)41-44-42(46-43(45-41)36-20-17-28-9-4-5-13-32(28)25-36)35-15-8-14-33(26-35)34-19-18-30-22-23-38-37-16-7-6-10-29(37)21-24-39(38)40(30)27-34;1-3-10-29(11-4-1)37-40-38(30-12-5-2-6-13-30)42-39(41-37)31-18-15-26(16-19-31)32-20-17-28-22-23-34-33-14-8-7-9-27(33)21-24-35(34)36(28)25-32/h1-29H;1-27H;1-25H. The molecule has 642 valence electrons. The molecule has 0 fully saturated rings. The predicted molar refractivity (Wildman–Crippen MR) is 575 cm³/mol. The fourth-order valence-corrected chi connectivity index (χ4v) is 19.5. The Morgan fingerprint density at radius 3 is 0.558 bits per heavy atom. The Kier molecular flexibility index (Phi) is 20.8. The summed E-state index contributed by atoms with van der Waals surface area (Å²) in [4.78, 5) is 44.8. The number of nitrogens with zero attached hydrogens (tertiary/aromatic N) is 9. The smallest absolute Gasteiger partial charge is 0.164 e. The second kappa shape index (κ2) is 35.2. The van der Waals surface area contributed by atoms with Gasteiger partial charge in [0.25, 0.3) is 0 Å². The van der Waals surface area contributed by atoms with Gasteiger partial charge < -0.3 is 0 Å². The molecule has 0 aliphatic carbocycles. The molecule has 0 aliphatic heterocycles. The first-order chi connectivity index (χ1) is 68.3. The highest BCUT2D eigenvalue weighted by Gasteiger charge is 2.21. The zero-order valence-corrected chi connectivity index (χ0v) is 74.8. The van der Waals surface area contributed by atoms with Crippen molar-refractivity contribution in [1.29, 1.82) is 0 Å². The van der Waals surface area contributed by atoms with Gasteiger partial charge in [0.15, 0.2) is 52.4 Å². The van der Waals surface area contributed by atoms with E-state index in [9.17, 15) is 0 Å². The lowest BCUT2D eigenvalue weighted by Gasteiger charge is -2.12. The third-order valence-corrected chi connectivity index (χ3v) is 26.6. The van der Waals surface area contributed by atoms with E-state index in [4.69, 9.17) is 44.9 Å². The lowest BCUT2D eigenvalue weighted by atomic mass is 9.94. The highest BCUT2D eigenvalue weighted by atomic mass is 15.1. The Morgan fingerprint density at radius 1 is 0.0797 bits per heavy atom. The summed E-state index contributed by atoms with van der Waals surface area (Å²) in [5, 5.41) is 29.7. The fraction of sp³-hybridized carbons (Fsp3) is 0. The van der Waals surface area contributed by atoms with Crippen LogP contribution in [0.1, 0.15) is 0 Å². The van der Waals surface area contributed by atoms with E-state index in [0.29, 0.717) is 52.4 Å². The van der Waals surface area contributed by atoms with Gasteiger partial charge >= 0.3 is 0 Å². The molecule has 27 rings (SSSR count). The molecule has 0 radical (unpaired) electrons. The molecule has 0 unspecified atom stereocenters. The normalized spacial score (nSPS) is 11.5. The zero-order valence-electron chi connectivity index (χ0n) is 74.8. The Labute approximate surface area is 795 Å². The fourth-order valence-electron chi connectivity index (χ4n) is 19.5. The number of hydrogen-bond donors (Lipinski definition) is 0. The first-order valence-electron chi connectivity index (χ1n) is 46.6. The van der Waals surface area contributed by atoms with Crippen molar-refractivity contribution in [3.63, 3.8) is 0 Å². The molecule has 0 atom stereocenters. The Hall–Kier alpha value is -18.6. The van der Waals surface area contributed by atoms with Crippen molar-refractivity contribution in [2.24, 2.45) is 0 Å². The highest BCUT2D eigenvalue weighted by molar-refractivity contribution is 6.21. The van der Waals surface area contributed by atoms with Crippen LogP contribution in [0.2, 0.25) is 0 Å². The summed E-state index contributed by atoms with van der Waals surface area (Å²) in [6.07, 6.45) is 0. The molecule has 3 heterocycles. The first kappa shape index (κ1) is 81.4. The van der Waals surface area contributed by atoms with Crippen LogP contribution in [-0.4, -0.2) is 44.9 Å². The van der Waals surface area contributed by atoms with Gasteiger partial charge in [0.2, 0.25) is 0 Å². The van der Waals surface area contributed by atoms with Crippen LogP contribution in [-0.2, 0) is 0 Å². The summed E-state index contributed by atoms with van der Waals surface area (Å²) in [5.74, 6) is 5.90. The number of hydrogen-bond acceptors (Lipinski definition) is 9. The first-order valence-corrected chi connectivity index (χ1v) is 46.6. The largest absolute Gasteiger partial charge is 0.208 e. The van der Waals surface area contributed by atoms with Gasteiger partial charge in [0, 0.05) is 50.1 Å². The molecule has 138 heavy (non-hydrogen) atoms.